The molecule has 148 valence electrons. The van der Waals surface area contributed by atoms with E-state index in [-0.39, 0.29) is 0 Å². The Kier molecular flexibility index (Phi) is 7.36. The number of hydrogen-bond donors (Lipinski definition) is 1. The normalized spacial score (nSPS) is 12.8. The summed E-state index contributed by atoms with van der Waals surface area (Å²) in [6.45, 7) is 6.99. The van der Waals surface area contributed by atoms with Crippen LogP contribution in [0.2, 0.25) is 10.0 Å². The lowest BCUT2D eigenvalue weighted by Crippen LogP contribution is -2.29. The van der Waals surface area contributed by atoms with Gasteiger partial charge in [0.1, 0.15) is 0 Å². The van der Waals surface area contributed by atoms with Crippen molar-refractivity contribution in [2.45, 2.75) is 32.9 Å². The molecule has 28 heavy (non-hydrogen) atoms. The zero-order chi connectivity index (χ0) is 20.1. The number of nitrogens with zero attached hydrogens (tertiary/aromatic N) is 1. The zero-order valence-corrected chi connectivity index (χ0v) is 17.9. The molecule has 0 aliphatic carbocycles. The minimum absolute atomic E-state index is 0.479. The van der Waals surface area contributed by atoms with Crippen molar-refractivity contribution in [2.75, 3.05) is 13.1 Å². The summed E-state index contributed by atoms with van der Waals surface area (Å²) < 4.78 is 0. The Labute approximate surface area is 177 Å². The lowest BCUT2D eigenvalue weighted by Gasteiger charge is -2.26. The summed E-state index contributed by atoms with van der Waals surface area (Å²) in [4.78, 5) is 2.37. The van der Waals surface area contributed by atoms with Gasteiger partial charge in [-0.25, -0.2) is 0 Å². The Hall–Kier alpha value is -1.58. The first-order valence-electron chi connectivity index (χ1n) is 9.75. The predicted molar refractivity (Wildman–Crippen MR) is 120 cm³/mol. The molecule has 1 atom stereocenters. The molecule has 0 spiro atoms. The predicted octanol–water partition coefficient (Wildman–Crippen LogP) is 6.73. The molecule has 3 rings (SSSR count). The highest BCUT2D eigenvalue weighted by molar-refractivity contribution is 6.42. The molecular weight excluding hydrogens is 389 g/mol. The first-order valence-corrected chi connectivity index (χ1v) is 10.5. The molecule has 0 saturated heterocycles. The first kappa shape index (κ1) is 21.1. The average Bonchev–Trinajstić information content (AvgIpc) is 2.68. The van der Waals surface area contributed by atoms with E-state index in [0.717, 1.165) is 36.1 Å². The quantitative estimate of drug-likeness (QED) is 0.440. The summed E-state index contributed by atoms with van der Waals surface area (Å²) in [6, 6.07) is 20.2. The van der Waals surface area contributed by atoms with Crippen molar-refractivity contribution in [1.82, 2.24) is 4.90 Å². The number of hydrogen-bond acceptors (Lipinski definition) is 2. The second kappa shape index (κ2) is 9.76. The van der Waals surface area contributed by atoms with Crippen molar-refractivity contribution in [1.29, 1.82) is 0 Å². The van der Waals surface area contributed by atoms with Crippen LogP contribution in [0.4, 0.5) is 0 Å². The molecule has 0 amide bonds. The van der Waals surface area contributed by atoms with E-state index in [1.165, 1.54) is 5.39 Å². The van der Waals surface area contributed by atoms with Gasteiger partial charge in [-0.3, -0.25) is 4.90 Å². The standard InChI is InChI=1S/C24H27Cl2NO/c1-17(2)15-27(16-18-7-10-22(25)23(26)13-18)12-11-24(28)21-9-8-19-5-3-4-6-20(19)14-21/h3-10,13-14,17,24,28H,11-12,15-16H2,1-2H3. The summed E-state index contributed by atoms with van der Waals surface area (Å²) in [5.41, 5.74) is 2.10. The van der Waals surface area contributed by atoms with Gasteiger partial charge in [0.25, 0.3) is 0 Å². The average molecular weight is 416 g/mol. The smallest absolute Gasteiger partial charge is 0.0802 e. The first-order chi connectivity index (χ1) is 13.4. The van der Waals surface area contributed by atoms with Crippen LogP contribution in [0.3, 0.4) is 0 Å². The summed E-state index contributed by atoms with van der Waals surface area (Å²) >= 11 is 12.2. The van der Waals surface area contributed by atoms with Gasteiger partial charge in [0, 0.05) is 19.6 Å². The highest BCUT2D eigenvalue weighted by Crippen LogP contribution is 2.25. The molecule has 1 unspecified atom stereocenters. The van der Waals surface area contributed by atoms with Crippen LogP contribution in [0, 0.1) is 5.92 Å². The van der Waals surface area contributed by atoms with Gasteiger partial charge < -0.3 is 5.11 Å². The van der Waals surface area contributed by atoms with Crippen LogP contribution < -0.4 is 0 Å². The molecule has 0 heterocycles. The van der Waals surface area contributed by atoms with Crippen molar-refractivity contribution in [3.05, 3.63) is 81.8 Å². The molecule has 0 aromatic heterocycles. The van der Waals surface area contributed by atoms with Crippen LogP contribution in [0.15, 0.2) is 60.7 Å². The van der Waals surface area contributed by atoms with E-state index in [1.807, 2.05) is 36.4 Å². The monoisotopic (exact) mass is 415 g/mol. The van der Waals surface area contributed by atoms with Crippen LogP contribution in [0.1, 0.15) is 37.5 Å². The van der Waals surface area contributed by atoms with Crippen LogP contribution in [-0.2, 0) is 6.54 Å². The maximum absolute atomic E-state index is 10.7. The second-order valence-corrected chi connectivity index (χ2v) is 8.60. The Morgan fingerprint density at radius 3 is 2.36 bits per heavy atom. The lowest BCUT2D eigenvalue weighted by atomic mass is 10.0. The molecule has 0 bridgehead atoms. The molecule has 4 heteroatoms. The van der Waals surface area contributed by atoms with E-state index in [2.05, 4.69) is 43.0 Å². The molecule has 2 nitrogen and oxygen atoms in total. The molecule has 0 fully saturated rings. The highest BCUT2D eigenvalue weighted by atomic mass is 35.5. The van der Waals surface area contributed by atoms with Gasteiger partial charge >= 0.3 is 0 Å². The minimum atomic E-state index is -0.479. The van der Waals surface area contributed by atoms with E-state index in [0.29, 0.717) is 22.4 Å². The van der Waals surface area contributed by atoms with Crippen LogP contribution in [0.5, 0.6) is 0 Å². The summed E-state index contributed by atoms with van der Waals surface area (Å²) in [5.74, 6) is 0.542. The number of rotatable bonds is 8. The van der Waals surface area contributed by atoms with Crippen LogP contribution in [0.25, 0.3) is 10.8 Å². The van der Waals surface area contributed by atoms with Crippen molar-refractivity contribution >= 4 is 34.0 Å². The maximum Gasteiger partial charge on any atom is 0.0802 e. The maximum atomic E-state index is 10.7. The molecule has 0 aliphatic heterocycles. The van der Waals surface area contributed by atoms with Gasteiger partial charge in [0.15, 0.2) is 0 Å². The number of fused-ring (bicyclic) bond motifs is 1. The third-order valence-corrected chi connectivity index (χ3v) is 5.63. The van der Waals surface area contributed by atoms with E-state index in [9.17, 15) is 5.11 Å². The Balaban J connectivity index is 1.66. The Bertz CT molecular complexity index is 925. The number of aliphatic hydroxyl groups is 1. The van der Waals surface area contributed by atoms with Crippen molar-refractivity contribution in [3.63, 3.8) is 0 Å². The fourth-order valence-corrected chi connectivity index (χ4v) is 3.85. The third kappa shape index (κ3) is 5.71. The number of benzene rings is 3. The van der Waals surface area contributed by atoms with Gasteiger partial charge in [0.05, 0.1) is 16.1 Å². The van der Waals surface area contributed by atoms with E-state index < -0.39 is 6.10 Å². The molecule has 1 N–H and O–H groups in total. The van der Waals surface area contributed by atoms with Gasteiger partial charge in [-0.2, -0.15) is 0 Å². The van der Waals surface area contributed by atoms with Crippen LogP contribution in [-0.4, -0.2) is 23.1 Å². The Morgan fingerprint density at radius 2 is 1.64 bits per heavy atom. The van der Waals surface area contributed by atoms with Gasteiger partial charge in [-0.05, 0) is 52.4 Å². The van der Waals surface area contributed by atoms with Crippen LogP contribution >= 0.6 is 23.2 Å². The largest absolute Gasteiger partial charge is 0.388 e. The molecule has 0 saturated carbocycles. The third-order valence-electron chi connectivity index (χ3n) is 4.89. The Morgan fingerprint density at radius 1 is 0.893 bits per heavy atom. The van der Waals surface area contributed by atoms with E-state index in [4.69, 9.17) is 23.2 Å². The SMILES string of the molecule is CC(C)CN(CCC(O)c1ccc2ccccc2c1)Cc1ccc(Cl)c(Cl)c1. The lowest BCUT2D eigenvalue weighted by molar-refractivity contribution is 0.134. The van der Waals surface area contributed by atoms with Gasteiger partial charge in [-0.1, -0.05) is 79.5 Å². The fourth-order valence-electron chi connectivity index (χ4n) is 3.53. The highest BCUT2D eigenvalue weighted by Gasteiger charge is 2.14. The van der Waals surface area contributed by atoms with Crippen molar-refractivity contribution in [3.8, 4) is 0 Å². The summed E-state index contributed by atoms with van der Waals surface area (Å²) in [6.07, 6.45) is 0.208. The number of halogens is 2. The number of aliphatic hydroxyl groups excluding tert-OH is 1. The molecule has 3 aromatic carbocycles. The van der Waals surface area contributed by atoms with Gasteiger partial charge in [0.2, 0.25) is 0 Å². The fraction of sp³-hybridized carbons (Fsp3) is 0.333. The van der Waals surface area contributed by atoms with Crippen molar-refractivity contribution in [2.24, 2.45) is 5.92 Å². The second-order valence-electron chi connectivity index (χ2n) is 7.79. The molecule has 3 aromatic rings. The summed E-state index contributed by atoms with van der Waals surface area (Å²) in [5, 5.41) is 14.3. The molecular formula is C24H27Cl2NO. The topological polar surface area (TPSA) is 23.5 Å². The van der Waals surface area contributed by atoms with Gasteiger partial charge in [-0.15, -0.1) is 0 Å². The molecule has 0 aliphatic rings. The molecule has 0 radical (unpaired) electrons. The zero-order valence-electron chi connectivity index (χ0n) is 16.4. The van der Waals surface area contributed by atoms with Crippen molar-refractivity contribution < 1.29 is 5.11 Å². The minimum Gasteiger partial charge on any atom is -0.388 e. The van der Waals surface area contributed by atoms with E-state index >= 15 is 0 Å². The van der Waals surface area contributed by atoms with E-state index in [1.54, 1.807) is 0 Å². The summed E-state index contributed by atoms with van der Waals surface area (Å²) in [7, 11) is 0.